The van der Waals surface area contributed by atoms with E-state index in [0.29, 0.717) is 0 Å². The summed E-state index contributed by atoms with van der Waals surface area (Å²) < 4.78 is 0. The van der Waals surface area contributed by atoms with Gasteiger partial charge in [0.2, 0.25) is 5.91 Å². The monoisotopic (exact) mass is 174 g/mol. The summed E-state index contributed by atoms with van der Waals surface area (Å²) in [4.78, 5) is 12.9. The van der Waals surface area contributed by atoms with E-state index in [1.54, 1.807) is 18.7 Å². The fourth-order valence-electron chi connectivity index (χ4n) is 1.17. The summed E-state index contributed by atoms with van der Waals surface area (Å²) in [5, 5.41) is 3.26. The lowest BCUT2D eigenvalue weighted by Crippen LogP contribution is -2.36. The first-order valence-electron chi connectivity index (χ1n) is 3.88. The first-order valence-corrected chi connectivity index (χ1v) is 4.92. The van der Waals surface area contributed by atoms with Crippen molar-refractivity contribution in [3.05, 3.63) is 0 Å². The molecule has 1 unspecified atom stereocenters. The molecule has 1 rings (SSSR count). The molecule has 0 aromatic rings. The van der Waals surface area contributed by atoms with E-state index in [4.69, 9.17) is 0 Å². The maximum atomic E-state index is 11.0. The predicted octanol–water partition coefficient (Wildman–Crippen LogP) is 0.475. The zero-order chi connectivity index (χ0) is 8.27. The smallest absolute Gasteiger partial charge is 0.221 e. The van der Waals surface area contributed by atoms with Crippen molar-refractivity contribution in [1.29, 1.82) is 0 Å². The highest BCUT2D eigenvalue weighted by Gasteiger charge is 2.24. The van der Waals surface area contributed by atoms with Gasteiger partial charge in [0.05, 0.1) is 0 Å². The summed E-state index contributed by atoms with van der Waals surface area (Å²) in [6, 6.07) is 0. The number of carbonyl (C=O) groups excluding carboxylic acids is 1. The third-order valence-electron chi connectivity index (χ3n) is 1.68. The maximum Gasteiger partial charge on any atom is 0.221 e. The lowest BCUT2D eigenvalue weighted by Gasteiger charge is -2.21. The maximum absolute atomic E-state index is 11.0. The Kier molecular flexibility index (Phi) is 3.20. The number of nitrogens with one attached hydrogen (secondary N) is 1. The molecule has 1 aliphatic rings. The summed E-state index contributed by atoms with van der Waals surface area (Å²) >= 11 is 1.77. The highest BCUT2D eigenvalue weighted by molar-refractivity contribution is 7.99. The van der Waals surface area contributed by atoms with Gasteiger partial charge in [-0.05, 0) is 5.75 Å². The molecule has 1 heterocycles. The van der Waals surface area contributed by atoms with Crippen LogP contribution in [0.5, 0.6) is 0 Å². The van der Waals surface area contributed by atoms with Gasteiger partial charge in [-0.3, -0.25) is 10.1 Å². The van der Waals surface area contributed by atoms with E-state index in [9.17, 15) is 4.79 Å². The Balaban J connectivity index is 2.44. The second-order valence-corrected chi connectivity index (χ2v) is 3.83. The highest BCUT2D eigenvalue weighted by Crippen LogP contribution is 2.16. The fraction of sp³-hybridized carbons (Fsp3) is 0.857. The van der Waals surface area contributed by atoms with Gasteiger partial charge in [0.1, 0.15) is 5.50 Å². The van der Waals surface area contributed by atoms with Crippen LogP contribution in [0.4, 0.5) is 0 Å². The van der Waals surface area contributed by atoms with Crippen LogP contribution >= 0.6 is 11.8 Å². The Morgan fingerprint density at radius 3 is 3.09 bits per heavy atom. The average molecular weight is 174 g/mol. The molecule has 1 amide bonds. The fourth-order valence-corrected chi connectivity index (χ4v) is 2.15. The number of amides is 1. The zero-order valence-corrected chi connectivity index (χ0v) is 7.78. The first kappa shape index (κ1) is 8.87. The first-order chi connectivity index (χ1) is 5.25. The van der Waals surface area contributed by atoms with Crippen LogP contribution in [0.2, 0.25) is 0 Å². The molecular formula is C7H14N2OS. The molecule has 3 nitrogen and oxygen atoms in total. The van der Waals surface area contributed by atoms with E-state index in [1.165, 1.54) is 0 Å². The summed E-state index contributed by atoms with van der Waals surface area (Å²) in [5.74, 6) is 1.21. The molecule has 0 aromatic heterocycles. The van der Waals surface area contributed by atoms with Crippen LogP contribution in [0.15, 0.2) is 0 Å². The molecule has 1 fully saturated rings. The largest absolute Gasteiger partial charge is 0.317 e. The Labute approximate surface area is 71.5 Å². The van der Waals surface area contributed by atoms with E-state index in [0.717, 1.165) is 18.8 Å². The predicted molar refractivity (Wildman–Crippen MR) is 47.3 cm³/mol. The molecule has 4 heteroatoms. The van der Waals surface area contributed by atoms with Crippen molar-refractivity contribution in [3.63, 3.8) is 0 Å². The van der Waals surface area contributed by atoms with Crippen molar-refractivity contribution in [2.24, 2.45) is 0 Å². The van der Waals surface area contributed by atoms with Crippen LogP contribution in [0.3, 0.4) is 0 Å². The second kappa shape index (κ2) is 3.97. The van der Waals surface area contributed by atoms with Crippen molar-refractivity contribution >= 4 is 17.7 Å². The van der Waals surface area contributed by atoms with Crippen LogP contribution < -0.4 is 5.32 Å². The molecule has 64 valence electrons. The molecule has 1 aliphatic heterocycles. The van der Waals surface area contributed by atoms with Gasteiger partial charge >= 0.3 is 0 Å². The van der Waals surface area contributed by atoms with E-state index in [2.05, 4.69) is 12.2 Å². The quantitative estimate of drug-likeness (QED) is 0.660. The molecule has 1 N–H and O–H groups in total. The van der Waals surface area contributed by atoms with Crippen molar-refractivity contribution in [1.82, 2.24) is 10.2 Å². The molecule has 0 spiro atoms. The number of carbonyl (C=O) groups is 1. The Hall–Kier alpha value is -0.220. The Bertz CT molecular complexity index is 151. The minimum absolute atomic E-state index is 0.168. The van der Waals surface area contributed by atoms with Crippen LogP contribution in [0.25, 0.3) is 0 Å². The Morgan fingerprint density at radius 1 is 1.82 bits per heavy atom. The topological polar surface area (TPSA) is 32.3 Å². The summed E-state index contributed by atoms with van der Waals surface area (Å²) in [5.41, 5.74) is 0.220. The molecule has 1 atom stereocenters. The molecule has 0 aliphatic carbocycles. The molecule has 0 bridgehead atoms. The number of rotatable bonds is 2. The van der Waals surface area contributed by atoms with Crippen LogP contribution in [-0.4, -0.2) is 35.1 Å². The summed E-state index contributed by atoms with van der Waals surface area (Å²) in [6.07, 6.45) is 0. The van der Waals surface area contributed by atoms with Gasteiger partial charge in [-0.2, -0.15) is 0 Å². The third-order valence-corrected chi connectivity index (χ3v) is 2.75. The van der Waals surface area contributed by atoms with Crippen molar-refractivity contribution in [2.45, 2.75) is 19.3 Å². The van der Waals surface area contributed by atoms with E-state index < -0.39 is 0 Å². The van der Waals surface area contributed by atoms with Crippen molar-refractivity contribution < 1.29 is 4.79 Å². The van der Waals surface area contributed by atoms with Gasteiger partial charge in [0.15, 0.2) is 0 Å². The zero-order valence-electron chi connectivity index (χ0n) is 6.96. The Morgan fingerprint density at radius 2 is 2.55 bits per heavy atom. The molecule has 11 heavy (non-hydrogen) atoms. The number of thioether (sulfide) groups is 1. The number of nitrogens with zero attached hydrogens (tertiary/aromatic N) is 1. The minimum Gasteiger partial charge on any atom is -0.317 e. The lowest BCUT2D eigenvalue weighted by atomic mass is 10.5. The second-order valence-electron chi connectivity index (χ2n) is 2.47. The van der Waals surface area contributed by atoms with Crippen LogP contribution in [0.1, 0.15) is 13.8 Å². The number of hydrogen-bond acceptors (Lipinski definition) is 3. The van der Waals surface area contributed by atoms with Gasteiger partial charge in [0, 0.05) is 20.0 Å². The third kappa shape index (κ3) is 2.10. The minimum atomic E-state index is 0.168. The van der Waals surface area contributed by atoms with Crippen LogP contribution in [-0.2, 0) is 4.79 Å². The van der Waals surface area contributed by atoms with Gasteiger partial charge in [-0.15, -0.1) is 11.8 Å². The van der Waals surface area contributed by atoms with Gasteiger partial charge in [0.25, 0.3) is 0 Å². The standard InChI is InChI=1S/C7H14N2OS/c1-3-11-7-8-4-5-9(7)6(2)10/h7-8H,3-5H2,1-2H3. The molecular weight excluding hydrogens is 160 g/mol. The molecule has 0 radical (unpaired) electrons. The van der Waals surface area contributed by atoms with Crippen molar-refractivity contribution in [2.75, 3.05) is 18.8 Å². The van der Waals surface area contributed by atoms with Gasteiger partial charge < -0.3 is 4.90 Å². The molecule has 0 aromatic carbocycles. The normalized spacial score (nSPS) is 24.2. The van der Waals surface area contributed by atoms with E-state index in [1.807, 2.05) is 4.90 Å². The molecule has 0 saturated carbocycles. The summed E-state index contributed by atoms with van der Waals surface area (Å²) in [6.45, 7) is 5.50. The van der Waals surface area contributed by atoms with E-state index in [-0.39, 0.29) is 11.4 Å². The number of hydrogen-bond donors (Lipinski definition) is 1. The SMILES string of the molecule is CCSC1NCCN1C(C)=O. The lowest BCUT2D eigenvalue weighted by molar-refractivity contribution is -0.128. The summed E-state index contributed by atoms with van der Waals surface area (Å²) in [7, 11) is 0. The molecule has 1 saturated heterocycles. The van der Waals surface area contributed by atoms with Gasteiger partial charge in [-0.25, -0.2) is 0 Å². The van der Waals surface area contributed by atoms with Gasteiger partial charge in [-0.1, -0.05) is 6.92 Å². The van der Waals surface area contributed by atoms with Crippen LogP contribution in [0, 0.1) is 0 Å². The highest BCUT2D eigenvalue weighted by atomic mass is 32.2. The van der Waals surface area contributed by atoms with E-state index >= 15 is 0 Å². The average Bonchev–Trinajstić information content (AvgIpc) is 2.36. The van der Waals surface area contributed by atoms with Crippen molar-refractivity contribution in [3.8, 4) is 0 Å².